The van der Waals surface area contributed by atoms with E-state index in [4.69, 9.17) is 9.15 Å². The molecule has 1 atom stereocenters. The van der Waals surface area contributed by atoms with E-state index in [1.54, 1.807) is 18.2 Å². The first-order valence-corrected chi connectivity index (χ1v) is 13.8. The molecular weight excluding hydrogens is 530 g/mol. The van der Waals surface area contributed by atoms with Gasteiger partial charge in [-0.15, -0.1) is 0 Å². The molecule has 0 radical (unpaired) electrons. The van der Waals surface area contributed by atoms with Gasteiger partial charge in [-0.05, 0) is 53.8 Å². The molecule has 3 amide bonds. The van der Waals surface area contributed by atoms with E-state index in [2.05, 4.69) is 16.0 Å². The third-order valence-electron chi connectivity index (χ3n) is 6.66. The maximum atomic E-state index is 13.4. The minimum atomic E-state index is -0.881. The van der Waals surface area contributed by atoms with Crippen LogP contribution in [0.4, 0.5) is 10.5 Å². The molecule has 1 aromatic heterocycles. The monoisotopic (exact) mass is 561 g/mol. The van der Waals surface area contributed by atoms with Crippen LogP contribution in [0, 0.1) is 0 Å². The third-order valence-corrected chi connectivity index (χ3v) is 6.66. The number of nitrogens with one attached hydrogen (secondary N) is 3. The lowest BCUT2D eigenvalue weighted by atomic mass is 10.0. The number of para-hydroxylation sites is 1. The van der Waals surface area contributed by atoms with Gasteiger partial charge in [0.15, 0.2) is 5.76 Å². The summed E-state index contributed by atoms with van der Waals surface area (Å²) < 4.78 is 10.9. The second kappa shape index (κ2) is 13.8. The number of alkyl carbamates (subject to hydrolysis) is 1. The van der Waals surface area contributed by atoms with Crippen molar-refractivity contribution in [3.8, 4) is 11.1 Å². The van der Waals surface area contributed by atoms with Crippen LogP contribution in [0.5, 0.6) is 0 Å². The Morgan fingerprint density at radius 3 is 2.26 bits per heavy atom. The van der Waals surface area contributed by atoms with E-state index in [0.717, 1.165) is 22.1 Å². The molecule has 0 unspecified atom stereocenters. The molecule has 5 aromatic rings. The first-order valence-electron chi connectivity index (χ1n) is 13.8. The van der Waals surface area contributed by atoms with Crippen molar-refractivity contribution in [2.24, 2.45) is 0 Å². The maximum Gasteiger partial charge on any atom is 0.407 e. The number of anilines is 1. The van der Waals surface area contributed by atoms with Crippen molar-refractivity contribution in [1.29, 1.82) is 0 Å². The van der Waals surface area contributed by atoms with Crippen molar-refractivity contribution in [3.05, 3.63) is 127 Å². The van der Waals surface area contributed by atoms with E-state index in [1.807, 2.05) is 97.1 Å². The highest BCUT2D eigenvalue weighted by molar-refractivity contribution is 6.01. The Hall–Kier alpha value is -5.37. The quantitative estimate of drug-likeness (QED) is 0.159. The topological polar surface area (TPSA) is 110 Å². The molecular formula is C34H31N3O5. The van der Waals surface area contributed by atoms with Crippen LogP contribution in [-0.4, -0.2) is 30.5 Å². The Kier molecular flexibility index (Phi) is 9.26. The van der Waals surface area contributed by atoms with E-state index in [1.165, 1.54) is 0 Å². The van der Waals surface area contributed by atoms with Crippen LogP contribution in [0.25, 0.3) is 22.1 Å². The van der Waals surface area contributed by atoms with Crippen molar-refractivity contribution in [2.45, 2.75) is 25.5 Å². The van der Waals surface area contributed by atoms with Gasteiger partial charge in [-0.2, -0.15) is 0 Å². The summed E-state index contributed by atoms with van der Waals surface area (Å²) in [5.41, 5.74) is 4.05. The fourth-order valence-corrected chi connectivity index (χ4v) is 4.50. The van der Waals surface area contributed by atoms with Crippen LogP contribution in [0.1, 0.15) is 29.0 Å². The van der Waals surface area contributed by atoms with Crippen molar-refractivity contribution in [2.75, 3.05) is 11.9 Å². The average Bonchev–Trinajstić information content (AvgIpc) is 3.47. The highest BCUT2D eigenvalue weighted by Crippen LogP contribution is 2.23. The van der Waals surface area contributed by atoms with Crippen molar-refractivity contribution >= 4 is 34.6 Å². The Bertz CT molecular complexity index is 1620. The molecule has 8 nitrogen and oxygen atoms in total. The summed E-state index contributed by atoms with van der Waals surface area (Å²) in [6.07, 6.45) is 0.141. The van der Waals surface area contributed by atoms with Crippen molar-refractivity contribution < 1.29 is 23.5 Å². The van der Waals surface area contributed by atoms with Gasteiger partial charge in [-0.1, -0.05) is 91.0 Å². The summed E-state index contributed by atoms with van der Waals surface area (Å²) >= 11 is 0. The molecule has 0 fully saturated rings. The maximum absolute atomic E-state index is 13.4. The van der Waals surface area contributed by atoms with Crippen LogP contribution in [0.2, 0.25) is 0 Å². The number of hydrogen-bond donors (Lipinski definition) is 3. The summed E-state index contributed by atoms with van der Waals surface area (Å²) in [6.45, 7) is 0.425. The summed E-state index contributed by atoms with van der Waals surface area (Å²) in [6, 6.07) is 34.8. The smallest absolute Gasteiger partial charge is 0.407 e. The summed E-state index contributed by atoms with van der Waals surface area (Å²) in [5, 5.41) is 9.23. The number of benzene rings is 4. The average molecular weight is 562 g/mol. The molecule has 0 aliphatic carbocycles. The lowest BCUT2D eigenvalue weighted by Crippen LogP contribution is -2.44. The first-order chi connectivity index (χ1) is 20.5. The molecule has 0 spiro atoms. The predicted molar refractivity (Wildman–Crippen MR) is 162 cm³/mol. The number of amides is 3. The normalized spacial score (nSPS) is 11.4. The van der Waals surface area contributed by atoms with Crippen LogP contribution in [-0.2, 0) is 16.1 Å². The summed E-state index contributed by atoms with van der Waals surface area (Å²) in [7, 11) is 0. The Morgan fingerprint density at radius 2 is 1.48 bits per heavy atom. The van der Waals surface area contributed by atoms with Gasteiger partial charge in [0.2, 0.25) is 5.91 Å². The second-order valence-electron chi connectivity index (χ2n) is 9.74. The summed E-state index contributed by atoms with van der Waals surface area (Å²) in [4.78, 5) is 38.7. The standard InChI is InChI=1S/C34H31N3O5/c38-32(36-28-17-9-16-26(21-28)25-13-5-2-6-14-25)29(37-33(39)31-22-27-15-7-8-19-30(27)42-31)18-10-20-35-34(40)41-23-24-11-3-1-4-12-24/h1-9,11-17,19,21-22,29H,10,18,20,23H2,(H,35,40)(H,36,38)(H,37,39)/t29-/m0/s1. The largest absolute Gasteiger partial charge is 0.451 e. The highest BCUT2D eigenvalue weighted by atomic mass is 16.5. The van der Waals surface area contributed by atoms with Gasteiger partial charge in [0, 0.05) is 17.6 Å². The Balaban J connectivity index is 1.22. The first kappa shape index (κ1) is 28.2. The number of fused-ring (bicyclic) bond motifs is 1. The summed E-state index contributed by atoms with van der Waals surface area (Å²) in [5.74, 6) is -0.765. The van der Waals surface area contributed by atoms with Gasteiger partial charge in [-0.3, -0.25) is 9.59 Å². The fourth-order valence-electron chi connectivity index (χ4n) is 4.50. The molecule has 0 aliphatic rings. The van der Waals surface area contributed by atoms with Gasteiger partial charge in [0.05, 0.1) is 0 Å². The minimum Gasteiger partial charge on any atom is -0.451 e. The lowest BCUT2D eigenvalue weighted by Gasteiger charge is -2.18. The molecule has 42 heavy (non-hydrogen) atoms. The zero-order valence-electron chi connectivity index (χ0n) is 22.9. The van der Waals surface area contributed by atoms with Gasteiger partial charge < -0.3 is 25.1 Å². The number of hydrogen-bond acceptors (Lipinski definition) is 5. The van der Waals surface area contributed by atoms with E-state index >= 15 is 0 Å². The SMILES string of the molecule is O=C(NCCC[C@H](NC(=O)c1cc2ccccc2o1)C(=O)Nc1cccc(-c2ccccc2)c1)OCc1ccccc1. The third kappa shape index (κ3) is 7.63. The number of carbonyl (C=O) groups excluding carboxylic acids is 3. The fraction of sp³-hybridized carbons (Fsp3) is 0.147. The number of carbonyl (C=O) groups is 3. The number of furan rings is 1. The molecule has 4 aromatic carbocycles. The predicted octanol–water partition coefficient (Wildman–Crippen LogP) is 6.54. The van der Waals surface area contributed by atoms with Crippen molar-refractivity contribution in [3.63, 3.8) is 0 Å². The molecule has 212 valence electrons. The number of ether oxygens (including phenoxy) is 1. The zero-order valence-corrected chi connectivity index (χ0v) is 22.9. The molecule has 0 saturated carbocycles. The van der Waals surface area contributed by atoms with E-state index in [9.17, 15) is 14.4 Å². The minimum absolute atomic E-state index is 0.114. The van der Waals surface area contributed by atoms with Crippen LogP contribution < -0.4 is 16.0 Å². The van der Waals surface area contributed by atoms with Crippen LogP contribution >= 0.6 is 0 Å². The lowest BCUT2D eigenvalue weighted by molar-refractivity contribution is -0.118. The zero-order chi connectivity index (χ0) is 29.1. The Morgan fingerprint density at radius 1 is 0.762 bits per heavy atom. The molecule has 0 saturated heterocycles. The van der Waals surface area contributed by atoms with E-state index in [-0.39, 0.29) is 31.2 Å². The second-order valence-corrected chi connectivity index (χ2v) is 9.74. The van der Waals surface area contributed by atoms with E-state index in [0.29, 0.717) is 17.7 Å². The van der Waals surface area contributed by atoms with E-state index < -0.39 is 18.0 Å². The van der Waals surface area contributed by atoms with Gasteiger partial charge in [0.25, 0.3) is 5.91 Å². The molecule has 3 N–H and O–H groups in total. The molecule has 5 rings (SSSR count). The molecule has 1 heterocycles. The van der Waals surface area contributed by atoms with Crippen molar-refractivity contribution in [1.82, 2.24) is 10.6 Å². The van der Waals surface area contributed by atoms with Crippen LogP contribution in [0.15, 0.2) is 120 Å². The number of rotatable bonds is 11. The van der Waals surface area contributed by atoms with Gasteiger partial charge >= 0.3 is 6.09 Å². The Labute approximate surface area is 243 Å². The van der Waals surface area contributed by atoms with Gasteiger partial charge in [0.1, 0.15) is 18.2 Å². The molecule has 8 heteroatoms. The molecule has 0 aliphatic heterocycles. The van der Waals surface area contributed by atoms with Gasteiger partial charge in [-0.25, -0.2) is 4.79 Å². The van der Waals surface area contributed by atoms with Crippen LogP contribution in [0.3, 0.4) is 0 Å². The highest BCUT2D eigenvalue weighted by Gasteiger charge is 2.23. The molecule has 0 bridgehead atoms.